The van der Waals surface area contributed by atoms with Crippen molar-refractivity contribution >= 4 is 31.5 Å². The Bertz CT molecular complexity index is 2740. The first kappa shape index (κ1) is 30.0. The molecule has 0 saturated heterocycles. The second-order valence-electron chi connectivity index (χ2n) is 15.9. The van der Waals surface area contributed by atoms with Gasteiger partial charge in [-0.1, -0.05) is 97.1 Å². The molecule has 53 heavy (non-hydrogen) atoms. The summed E-state index contributed by atoms with van der Waals surface area (Å²) in [6.07, 6.45) is 8.84. The largest absolute Gasteiger partial charge is 0.260 e. The van der Waals surface area contributed by atoms with Crippen molar-refractivity contribution in [3.05, 3.63) is 145 Å². The highest BCUT2D eigenvalue weighted by atomic mass is 32.1. The van der Waals surface area contributed by atoms with Gasteiger partial charge in [-0.2, -0.15) is 0 Å². The van der Waals surface area contributed by atoms with Crippen molar-refractivity contribution in [1.82, 2.24) is 19.9 Å². The van der Waals surface area contributed by atoms with Crippen LogP contribution in [0.2, 0.25) is 0 Å². The minimum atomic E-state index is 0.0286. The molecular formula is C48H36N4S. The highest BCUT2D eigenvalue weighted by Gasteiger charge is 2.62. The summed E-state index contributed by atoms with van der Waals surface area (Å²) in [5.41, 5.74) is 10.8. The molecule has 5 aromatic carbocycles. The summed E-state index contributed by atoms with van der Waals surface area (Å²) in [5, 5.41) is 2.44. The van der Waals surface area contributed by atoms with Crippen LogP contribution < -0.4 is 0 Å². The molecule has 4 nitrogen and oxygen atoms in total. The molecule has 4 bridgehead atoms. The second kappa shape index (κ2) is 11.2. The average molecular weight is 701 g/mol. The number of rotatable bonds is 4. The number of hydrogen-bond acceptors (Lipinski definition) is 5. The van der Waals surface area contributed by atoms with Crippen molar-refractivity contribution in [2.45, 2.75) is 37.5 Å². The molecule has 0 unspecified atom stereocenters. The molecular weight excluding hydrogens is 665 g/mol. The van der Waals surface area contributed by atoms with Crippen LogP contribution >= 0.6 is 11.3 Å². The van der Waals surface area contributed by atoms with Crippen LogP contribution in [0.25, 0.3) is 76.6 Å². The minimum Gasteiger partial charge on any atom is -0.260 e. The monoisotopic (exact) mass is 700 g/mol. The van der Waals surface area contributed by atoms with E-state index >= 15 is 0 Å². The SMILES string of the molecule is c1ccc(-c2cccc(-c3nc(-c4ccc5c(c4)-c4cccnc4C54C5CC6CC(C5)CC4C6)nc(-c4cccc5sc6ccccc6c45)n3)c2)cc1. The van der Waals surface area contributed by atoms with Crippen molar-refractivity contribution < 1.29 is 0 Å². The molecule has 4 saturated carbocycles. The average Bonchev–Trinajstić information content (AvgIpc) is 3.74. The summed E-state index contributed by atoms with van der Waals surface area (Å²) in [7, 11) is 0. The predicted molar refractivity (Wildman–Crippen MR) is 216 cm³/mol. The Morgan fingerprint density at radius 3 is 1.98 bits per heavy atom. The van der Waals surface area contributed by atoms with Gasteiger partial charge in [-0.05, 0) is 108 Å². The van der Waals surface area contributed by atoms with Gasteiger partial charge in [0.05, 0.1) is 5.69 Å². The molecule has 0 atom stereocenters. The summed E-state index contributed by atoms with van der Waals surface area (Å²) in [6, 6.07) is 45.8. The maximum Gasteiger partial charge on any atom is 0.164 e. The lowest BCUT2D eigenvalue weighted by atomic mass is 9.43. The zero-order valence-corrected chi connectivity index (χ0v) is 30.1. The summed E-state index contributed by atoms with van der Waals surface area (Å²) < 4.78 is 2.51. The van der Waals surface area contributed by atoms with E-state index in [9.17, 15) is 0 Å². The Labute approximate surface area is 312 Å². The van der Waals surface area contributed by atoms with Crippen LogP contribution in [0.4, 0.5) is 0 Å². The number of thiophene rings is 1. The Kier molecular flexibility index (Phi) is 6.36. The fourth-order valence-electron chi connectivity index (χ4n) is 11.3. The second-order valence-corrected chi connectivity index (χ2v) is 16.9. The molecule has 3 heterocycles. The Hall–Kier alpha value is -5.52. The molecule has 5 heteroatoms. The van der Waals surface area contributed by atoms with Crippen LogP contribution in [0, 0.1) is 23.7 Å². The van der Waals surface area contributed by atoms with Gasteiger partial charge in [-0.25, -0.2) is 15.0 Å². The number of benzene rings is 5. The molecule has 254 valence electrons. The van der Waals surface area contributed by atoms with Gasteiger partial charge < -0.3 is 0 Å². The van der Waals surface area contributed by atoms with Crippen molar-refractivity contribution in [3.8, 4) is 56.4 Å². The molecule has 4 fully saturated rings. The van der Waals surface area contributed by atoms with E-state index in [-0.39, 0.29) is 5.41 Å². The van der Waals surface area contributed by atoms with Gasteiger partial charge >= 0.3 is 0 Å². The van der Waals surface area contributed by atoms with Gasteiger partial charge in [0.1, 0.15) is 0 Å². The van der Waals surface area contributed by atoms with Gasteiger partial charge in [0.25, 0.3) is 0 Å². The lowest BCUT2D eigenvalue weighted by Gasteiger charge is -2.60. The first-order valence-electron chi connectivity index (χ1n) is 19.1. The number of nitrogens with zero attached hydrogens (tertiary/aromatic N) is 4. The first-order chi connectivity index (χ1) is 26.2. The molecule has 1 spiro atoms. The third-order valence-corrected chi connectivity index (χ3v) is 14.3. The number of fused-ring (bicyclic) bond motifs is 6. The molecule has 8 aromatic rings. The van der Waals surface area contributed by atoms with Gasteiger partial charge in [0.2, 0.25) is 0 Å². The molecule has 0 amide bonds. The zero-order valence-electron chi connectivity index (χ0n) is 29.2. The van der Waals surface area contributed by atoms with Crippen LogP contribution in [-0.4, -0.2) is 19.9 Å². The standard InChI is InChI=1S/C48H36N4S/c1-2-9-30(10-3-1)31-11-6-12-32(26-31)45-50-46(52-47(51-45)38-14-7-17-42-43(38)37-13-4-5-16-41(37)53-42)33-18-19-40-39(27-33)36-15-8-20-49-44(36)48(40)34-22-28-21-29(24-34)25-35(48)23-28/h1-20,26-29,34-35H,21-25H2. The summed E-state index contributed by atoms with van der Waals surface area (Å²) in [5.74, 6) is 5.21. The first-order valence-corrected chi connectivity index (χ1v) is 20.0. The molecule has 3 aromatic heterocycles. The maximum absolute atomic E-state index is 5.34. The van der Waals surface area contributed by atoms with Crippen LogP contribution in [-0.2, 0) is 5.41 Å². The molecule has 5 aliphatic rings. The van der Waals surface area contributed by atoms with Crippen LogP contribution in [0.15, 0.2) is 134 Å². The third kappa shape index (κ3) is 4.34. The van der Waals surface area contributed by atoms with E-state index in [4.69, 9.17) is 19.9 Å². The lowest BCUT2D eigenvalue weighted by molar-refractivity contribution is -0.0415. The zero-order chi connectivity index (χ0) is 34.7. The number of pyridine rings is 1. The van der Waals surface area contributed by atoms with Crippen molar-refractivity contribution in [3.63, 3.8) is 0 Å². The molecule has 0 radical (unpaired) electrons. The van der Waals surface area contributed by atoms with Gasteiger partial charge in [-0.3, -0.25) is 4.98 Å². The Morgan fingerprint density at radius 1 is 0.491 bits per heavy atom. The van der Waals surface area contributed by atoms with E-state index < -0.39 is 0 Å². The topological polar surface area (TPSA) is 51.6 Å². The summed E-state index contributed by atoms with van der Waals surface area (Å²) >= 11 is 1.82. The van der Waals surface area contributed by atoms with Crippen molar-refractivity contribution in [1.29, 1.82) is 0 Å². The summed E-state index contributed by atoms with van der Waals surface area (Å²) in [4.78, 5) is 21.1. The molecule has 0 aliphatic heterocycles. The van der Waals surface area contributed by atoms with E-state index in [1.807, 2.05) is 17.5 Å². The van der Waals surface area contributed by atoms with Crippen LogP contribution in [0.5, 0.6) is 0 Å². The van der Waals surface area contributed by atoms with Crippen LogP contribution in [0.3, 0.4) is 0 Å². The van der Waals surface area contributed by atoms with Gasteiger partial charge in [0.15, 0.2) is 17.5 Å². The predicted octanol–water partition coefficient (Wildman–Crippen LogP) is 12.0. The van der Waals surface area contributed by atoms with E-state index in [0.717, 1.165) is 34.1 Å². The van der Waals surface area contributed by atoms with E-state index in [0.29, 0.717) is 29.3 Å². The fourth-order valence-corrected chi connectivity index (χ4v) is 12.4. The molecule has 5 aliphatic carbocycles. The Morgan fingerprint density at radius 2 is 1.15 bits per heavy atom. The van der Waals surface area contributed by atoms with Gasteiger partial charge in [0, 0.05) is 54.0 Å². The quantitative estimate of drug-likeness (QED) is 0.183. The highest BCUT2D eigenvalue weighted by Crippen LogP contribution is 2.69. The normalized spacial score (nSPS) is 23.5. The molecule has 13 rings (SSSR count). The third-order valence-electron chi connectivity index (χ3n) is 13.1. The Balaban J connectivity index is 1.07. The lowest BCUT2D eigenvalue weighted by Crippen LogP contribution is -2.55. The van der Waals surface area contributed by atoms with Crippen LogP contribution in [0.1, 0.15) is 43.4 Å². The maximum atomic E-state index is 5.34. The van der Waals surface area contributed by atoms with Crippen molar-refractivity contribution in [2.24, 2.45) is 23.7 Å². The van der Waals surface area contributed by atoms with Gasteiger partial charge in [-0.15, -0.1) is 11.3 Å². The minimum absolute atomic E-state index is 0.0286. The van der Waals surface area contributed by atoms with E-state index in [1.54, 1.807) is 0 Å². The highest BCUT2D eigenvalue weighted by molar-refractivity contribution is 7.25. The van der Waals surface area contributed by atoms with E-state index in [1.165, 1.54) is 80.2 Å². The number of aromatic nitrogens is 4. The summed E-state index contributed by atoms with van der Waals surface area (Å²) in [6.45, 7) is 0. The fraction of sp³-hybridized carbons (Fsp3) is 0.208. The smallest absolute Gasteiger partial charge is 0.164 e. The van der Waals surface area contributed by atoms with Crippen molar-refractivity contribution in [2.75, 3.05) is 0 Å². The number of hydrogen-bond donors (Lipinski definition) is 0. The molecule has 0 N–H and O–H groups in total. The van der Waals surface area contributed by atoms with E-state index in [2.05, 4.69) is 127 Å².